The van der Waals surface area contributed by atoms with Crippen molar-refractivity contribution in [3.8, 4) is 0 Å². The Hall–Kier alpha value is -2.68. The number of benzene rings is 6. The Bertz CT molecular complexity index is 1630. The van der Waals surface area contributed by atoms with Crippen molar-refractivity contribution in [1.82, 2.24) is 0 Å². The summed E-state index contributed by atoms with van der Waals surface area (Å²) in [4.78, 5) is 0. The van der Waals surface area contributed by atoms with Gasteiger partial charge in [0.2, 0.25) is 0 Å². The Morgan fingerprint density at radius 2 is 0.844 bits per heavy atom. The zero-order valence-corrected chi connectivity index (χ0v) is 19.2. The minimum Gasteiger partial charge on any atom is -0.152 e. The van der Waals surface area contributed by atoms with Gasteiger partial charge in [0, 0.05) is 23.0 Å². The van der Waals surface area contributed by atoms with E-state index in [1.807, 2.05) is 23.5 Å². The second-order valence-corrected chi connectivity index (χ2v) is 11.2. The summed E-state index contributed by atoms with van der Waals surface area (Å²) in [7, 11) is 0. The molecule has 7 aromatic carbocycles. The van der Waals surface area contributed by atoms with Gasteiger partial charge in [0.05, 0.1) is 0 Å². The third kappa shape index (κ3) is 2.32. The molecule has 0 amide bonds. The van der Waals surface area contributed by atoms with Gasteiger partial charge >= 0.3 is 0 Å². The minimum absolute atomic E-state index is 1.05. The molecule has 11 rings (SSSR count). The van der Waals surface area contributed by atoms with Crippen molar-refractivity contribution >= 4 is 77.4 Å². The van der Waals surface area contributed by atoms with Gasteiger partial charge in [-0.1, -0.05) is 60.7 Å². The first-order valence-electron chi connectivity index (χ1n) is 11.3. The van der Waals surface area contributed by atoms with Crippen LogP contribution in [0.2, 0.25) is 0 Å². The van der Waals surface area contributed by atoms with Gasteiger partial charge < -0.3 is 0 Å². The van der Waals surface area contributed by atoms with Crippen LogP contribution >= 0.6 is 23.5 Å². The molecule has 4 aliphatic heterocycles. The standard InChI is InChI=1S/C30H20S2/c1-2-18-4-3-17(1)13-31-15-22-11-20-7-5-19-6-8-21-12-23(16-32-14-18)25-10-9-24(22)29-27(20)26(19)28(21)30(25)29/h1-12H,13-16H2. The molecule has 152 valence electrons. The van der Waals surface area contributed by atoms with E-state index < -0.39 is 0 Å². The summed E-state index contributed by atoms with van der Waals surface area (Å²) in [6, 6.07) is 28.4. The van der Waals surface area contributed by atoms with Crippen molar-refractivity contribution < 1.29 is 0 Å². The highest BCUT2D eigenvalue weighted by atomic mass is 32.2. The van der Waals surface area contributed by atoms with Gasteiger partial charge in [-0.15, -0.1) is 0 Å². The molecule has 0 saturated heterocycles. The lowest BCUT2D eigenvalue weighted by Crippen LogP contribution is -1.91. The van der Waals surface area contributed by atoms with E-state index in [9.17, 15) is 0 Å². The molecule has 0 aliphatic carbocycles. The third-order valence-corrected chi connectivity index (χ3v) is 9.49. The van der Waals surface area contributed by atoms with Gasteiger partial charge in [-0.05, 0) is 88.2 Å². The highest BCUT2D eigenvalue weighted by molar-refractivity contribution is 7.98. The van der Waals surface area contributed by atoms with Crippen LogP contribution in [0.5, 0.6) is 0 Å². The Balaban J connectivity index is 1.51. The van der Waals surface area contributed by atoms with Gasteiger partial charge in [-0.25, -0.2) is 0 Å². The van der Waals surface area contributed by atoms with Crippen LogP contribution in [0.25, 0.3) is 53.9 Å². The topological polar surface area (TPSA) is 0 Å². The van der Waals surface area contributed by atoms with Crippen molar-refractivity contribution in [2.24, 2.45) is 0 Å². The molecule has 4 heterocycles. The summed E-state index contributed by atoms with van der Waals surface area (Å²) in [5.74, 6) is 4.22. The first-order valence-corrected chi connectivity index (χ1v) is 13.6. The molecule has 0 atom stereocenters. The molecule has 7 aromatic rings. The zero-order chi connectivity index (χ0) is 20.8. The average Bonchev–Trinajstić information content (AvgIpc) is 3.19. The molecule has 0 N–H and O–H groups in total. The number of hydrogen-bond donors (Lipinski definition) is 0. The second-order valence-electron chi connectivity index (χ2n) is 9.21. The van der Waals surface area contributed by atoms with Crippen molar-refractivity contribution in [2.75, 3.05) is 0 Å². The SMILES string of the molecule is c1cc2ccc1CSCc1cc3ccc4ccc5cc(c6ccc1c1c3c4c5c61)CSC2. The quantitative estimate of drug-likeness (QED) is 0.214. The van der Waals surface area contributed by atoms with E-state index in [4.69, 9.17) is 0 Å². The summed E-state index contributed by atoms with van der Waals surface area (Å²) < 4.78 is 0. The molecular weight excluding hydrogens is 424 g/mol. The normalized spacial score (nSPS) is 15.4. The van der Waals surface area contributed by atoms with Gasteiger partial charge in [-0.2, -0.15) is 23.5 Å². The van der Waals surface area contributed by atoms with Crippen LogP contribution in [0.3, 0.4) is 0 Å². The zero-order valence-electron chi connectivity index (χ0n) is 17.6. The molecule has 4 aliphatic rings. The van der Waals surface area contributed by atoms with Gasteiger partial charge in [0.1, 0.15) is 0 Å². The fourth-order valence-corrected chi connectivity index (χ4v) is 7.92. The lowest BCUT2D eigenvalue weighted by atomic mass is 9.94. The smallest absolute Gasteiger partial charge is 0.0194 e. The lowest BCUT2D eigenvalue weighted by Gasteiger charge is -2.14. The summed E-state index contributed by atoms with van der Waals surface area (Å²) in [5.41, 5.74) is 5.80. The van der Waals surface area contributed by atoms with E-state index in [2.05, 4.69) is 72.8 Å². The maximum absolute atomic E-state index is 2.46. The second kappa shape index (κ2) is 6.43. The first-order chi connectivity index (χ1) is 15.8. The molecule has 0 nitrogen and oxygen atoms in total. The molecule has 0 spiro atoms. The Morgan fingerprint density at radius 1 is 0.406 bits per heavy atom. The highest BCUT2D eigenvalue weighted by Crippen LogP contribution is 2.50. The van der Waals surface area contributed by atoms with Crippen LogP contribution in [0.4, 0.5) is 0 Å². The van der Waals surface area contributed by atoms with Crippen molar-refractivity contribution in [2.45, 2.75) is 23.0 Å². The Morgan fingerprint density at radius 3 is 1.34 bits per heavy atom. The number of thioether (sulfide) groups is 2. The summed E-state index contributed by atoms with van der Waals surface area (Å²) in [6.45, 7) is 0. The van der Waals surface area contributed by atoms with Crippen LogP contribution in [0, 0.1) is 0 Å². The fourth-order valence-electron chi connectivity index (χ4n) is 5.95. The number of rotatable bonds is 0. The van der Waals surface area contributed by atoms with Crippen LogP contribution in [0.15, 0.2) is 72.8 Å². The maximum Gasteiger partial charge on any atom is 0.0194 e. The minimum atomic E-state index is 1.05. The van der Waals surface area contributed by atoms with E-state index in [0.29, 0.717) is 0 Å². The van der Waals surface area contributed by atoms with Crippen molar-refractivity contribution in [3.05, 3.63) is 95.1 Å². The first kappa shape index (κ1) is 17.8. The maximum atomic E-state index is 2.46. The molecule has 2 heteroatoms. The molecule has 8 bridgehead atoms. The molecule has 0 unspecified atom stereocenters. The van der Waals surface area contributed by atoms with E-state index >= 15 is 0 Å². The summed E-state index contributed by atoms with van der Waals surface area (Å²) in [5, 5.41) is 14.5. The molecule has 0 aromatic heterocycles. The molecule has 0 saturated carbocycles. The number of hydrogen-bond acceptors (Lipinski definition) is 2. The van der Waals surface area contributed by atoms with Gasteiger partial charge in [0.25, 0.3) is 0 Å². The Kier molecular flexibility index (Phi) is 3.58. The predicted molar refractivity (Wildman–Crippen MR) is 144 cm³/mol. The lowest BCUT2D eigenvalue weighted by molar-refractivity contribution is 1.33. The molecular formula is C30H20S2. The van der Waals surface area contributed by atoms with Crippen LogP contribution in [-0.4, -0.2) is 0 Å². The predicted octanol–water partition coefficient (Wildman–Crippen LogP) is 8.95. The van der Waals surface area contributed by atoms with E-state index in [-0.39, 0.29) is 0 Å². The molecule has 0 radical (unpaired) electrons. The van der Waals surface area contributed by atoms with Gasteiger partial charge in [-0.3, -0.25) is 0 Å². The molecule has 32 heavy (non-hydrogen) atoms. The van der Waals surface area contributed by atoms with Gasteiger partial charge in [0.15, 0.2) is 0 Å². The van der Waals surface area contributed by atoms with E-state index in [0.717, 1.165) is 23.0 Å². The van der Waals surface area contributed by atoms with E-state index in [1.165, 1.54) is 76.1 Å². The van der Waals surface area contributed by atoms with Crippen LogP contribution in [-0.2, 0) is 23.0 Å². The monoisotopic (exact) mass is 444 g/mol. The highest BCUT2D eigenvalue weighted by Gasteiger charge is 2.23. The summed E-state index contributed by atoms with van der Waals surface area (Å²) >= 11 is 4.07. The largest absolute Gasteiger partial charge is 0.152 e. The fraction of sp³-hybridized carbons (Fsp3) is 0.133. The summed E-state index contributed by atoms with van der Waals surface area (Å²) in [6.07, 6.45) is 0. The Labute approximate surface area is 195 Å². The van der Waals surface area contributed by atoms with E-state index in [1.54, 1.807) is 0 Å². The van der Waals surface area contributed by atoms with Crippen LogP contribution < -0.4 is 0 Å². The van der Waals surface area contributed by atoms with Crippen LogP contribution in [0.1, 0.15) is 22.3 Å². The van der Waals surface area contributed by atoms with Crippen molar-refractivity contribution in [1.29, 1.82) is 0 Å². The van der Waals surface area contributed by atoms with Crippen molar-refractivity contribution in [3.63, 3.8) is 0 Å². The average molecular weight is 445 g/mol. The third-order valence-electron chi connectivity index (χ3n) is 7.38. The molecule has 0 fully saturated rings.